The lowest BCUT2D eigenvalue weighted by atomic mass is 10.1. The Morgan fingerprint density at radius 2 is 1.29 bits per heavy atom. The summed E-state index contributed by atoms with van der Waals surface area (Å²) in [4.78, 5) is 12.0. The van der Waals surface area contributed by atoms with E-state index in [-0.39, 0.29) is 6.03 Å². The Kier molecular flexibility index (Phi) is 4.63. The van der Waals surface area contributed by atoms with Gasteiger partial charge in [0.15, 0.2) is 0 Å². The molecule has 0 aliphatic carbocycles. The van der Waals surface area contributed by atoms with Crippen molar-refractivity contribution in [1.82, 2.24) is 5.32 Å². The Balaban J connectivity index is 1.95. The standard InChI is InChI=1S/C18H22N2O/c1-12-5-13(2)8-16(7-12)11-19-18(21)20-17-9-14(3)6-15(4)10-17/h5-10H,11H2,1-4H3,(H2,19,20,21). The molecule has 2 aromatic carbocycles. The predicted octanol–water partition coefficient (Wildman–Crippen LogP) is 4.24. The van der Waals surface area contributed by atoms with Gasteiger partial charge in [0.25, 0.3) is 0 Å². The molecule has 2 aromatic rings. The molecular formula is C18H22N2O. The van der Waals surface area contributed by atoms with Crippen molar-refractivity contribution in [2.45, 2.75) is 34.2 Å². The maximum atomic E-state index is 12.0. The van der Waals surface area contributed by atoms with Crippen LogP contribution in [0.5, 0.6) is 0 Å². The quantitative estimate of drug-likeness (QED) is 0.868. The van der Waals surface area contributed by atoms with Crippen LogP contribution in [-0.4, -0.2) is 6.03 Å². The third-order valence-electron chi connectivity index (χ3n) is 3.21. The highest BCUT2D eigenvalue weighted by molar-refractivity contribution is 5.89. The zero-order chi connectivity index (χ0) is 15.4. The van der Waals surface area contributed by atoms with Crippen LogP contribution in [0.25, 0.3) is 0 Å². The molecule has 0 heterocycles. The van der Waals surface area contributed by atoms with Crippen molar-refractivity contribution in [2.24, 2.45) is 0 Å². The Bertz CT molecular complexity index is 622. The molecule has 0 saturated carbocycles. The van der Waals surface area contributed by atoms with Gasteiger partial charge in [-0.3, -0.25) is 0 Å². The minimum Gasteiger partial charge on any atom is -0.334 e. The Labute approximate surface area is 126 Å². The highest BCUT2D eigenvalue weighted by Crippen LogP contribution is 2.13. The van der Waals surface area contributed by atoms with Crippen LogP contribution in [0.1, 0.15) is 27.8 Å². The summed E-state index contributed by atoms with van der Waals surface area (Å²) in [6.07, 6.45) is 0. The largest absolute Gasteiger partial charge is 0.334 e. The summed E-state index contributed by atoms with van der Waals surface area (Å²) < 4.78 is 0. The van der Waals surface area contributed by atoms with Crippen molar-refractivity contribution in [3.8, 4) is 0 Å². The first-order valence-corrected chi connectivity index (χ1v) is 7.13. The molecule has 0 aliphatic heterocycles. The lowest BCUT2D eigenvalue weighted by molar-refractivity contribution is 0.251. The van der Waals surface area contributed by atoms with E-state index < -0.39 is 0 Å². The lowest BCUT2D eigenvalue weighted by Crippen LogP contribution is -2.28. The number of nitrogens with one attached hydrogen (secondary N) is 2. The summed E-state index contributed by atoms with van der Waals surface area (Å²) in [6, 6.07) is 12.1. The van der Waals surface area contributed by atoms with Gasteiger partial charge in [0, 0.05) is 12.2 Å². The molecule has 0 bridgehead atoms. The molecule has 0 saturated heterocycles. The zero-order valence-corrected chi connectivity index (χ0v) is 13.1. The molecule has 2 N–H and O–H groups in total. The van der Waals surface area contributed by atoms with Crippen molar-refractivity contribution < 1.29 is 4.79 Å². The summed E-state index contributed by atoms with van der Waals surface area (Å²) in [5, 5.41) is 5.76. The zero-order valence-electron chi connectivity index (χ0n) is 13.1. The number of urea groups is 1. The van der Waals surface area contributed by atoms with E-state index in [0.717, 1.165) is 22.4 Å². The fourth-order valence-corrected chi connectivity index (χ4v) is 2.58. The molecule has 0 atom stereocenters. The molecule has 0 aromatic heterocycles. The monoisotopic (exact) mass is 282 g/mol. The van der Waals surface area contributed by atoms with E-state index in [1.54, 1.807) is 0 Å². The smallest absolute Gasteiger partial charge is 0.319 e. The summed E-state index contributed by atoms with van der Waals surface area (Å²) in [5.41, 5.74) is 6.63. The van der Waals surface area contributed by atoms with E-state index in [2.05, 4.69) is 48.7 Å². The molecule has 3 heteroatoms. The summed E-state index contributed by atoms with van der Waals surface area (Å²) in [5.74, 6) is 0. The Morgan fingerprint density at radius 1 is 0.810 bits per heavy atom. The topological polar surface area (TPSA) is 41.1 Å². The number of rotatable bonds is 3. The number of anilines is 1. The number of aryl methyl sites for hydroxylation is 4. The number of benzene rings is 2. The maximum absolute atomic E-state index is 12.0. The number of hydrogen-bond acceptors (Lipinski definition) is 1. The minimum absolute atomic E-state index is 0.181. The summed E-state index contributed by atoms with van der Waals surface area (Å²) >= 11 is 0. The van der Waals surface area contributed by atoms with Crippen LogP contribution >= 0.6 is 0 Å². The minimum atomic E-state index is -0.181. The molecule has 21 heavy (non-hydrogen) atoms. The number of carbonyl (C=O) groups excluding carboxylic acids is 1. The summed E-state index contributed by atoms with van der Waals surface area (Å²) in [6.45, 7) is 8.69. The molecular weight excluding hydrogens is 260 g/mol. The van der Waals surface area contributed by atoms with E-state index in [1.807, 2.05) is 26.0 Å². The van der Waals surface area contributed by atoms with Crippen molar-refractivity contribution in [3.63, 3.8) is 0 Å². The van der Waals surface area contributed by atoms with Crippen molar-refractivity contribution in [3.05, 3.63) is 64.2 Å². The van der Waals surface area contributed by atoms with Gasteiger partial charge in [-0.15, -0.1) is 0 Å². The first-order chi connectivity index (χ1) is 9.92. The average Bonchev–Trinajstić information content (AvgIpc) is 2.34. The van der Waals surface area contributed by atoms with Gasteiger partial charge in [-0.2, -0.15) is 0 Å². The van der Waals surface area contributed by atoms with Crippen LogP contribution in [0.3, 0.4) is 0 Å². The fourth-order valence-electron chi connectivity index (χ4n) is 2.58. The molecule has 0 spiro atoms. The van der Waals surface area contributed by atoms with Gasteiger partial charge in [0.05, 0.1) is 0 Å². The number of hydrogen-bond donors (Lipinski definition) is 2. The highest BCUT2D eigenvalue weighted by atomic mass is 16.2. The van der Waals surface area contributed by atoms with Crippen LogP contribution in [0.4, 0.5) is 10.5 Å². The molecule has 0 aliphatic rings. The number of carbonyl (C=O) groups is 1. The van der Waals surface area contributed by atoms with Crippen LogP contribution in [0, 0.1) is 27.7 Å². The van der Waals surface area contributed by atoms with Gasteiger partial charge in [-0.05, 0) is 56.5 Å². The Hall–Kier alpha value is -2.29. The number of amides is 2. The third-order valence-corrected chi connectivity index (χ3v) is 3.21. The van der Waals surface area contributed by atoms with Gasteiger partial charge >= 0.3 is 6.03 Å². The van der Waals surface area contributed by atoms with Gasteiger partial charge in [-0.1, -0.05) is 35.4 Å². The van der Waals surface area contributed by atoms with Crippen LogP contribution in [0.2, 0.25) is 0 Å². The molecule has 3 nitrogen and oxygen atoms in total. The van der Waals surface area contributed by atoms with Crippen molar-refractivity contribution >= 4 is 11.7 Å². The van der Waals surface area contributed by atoms with Crippen LogP contribution < -0.4 is 10.6 Å². The van der Waals surface area contributed by atoms with Gasteiger partial charge < -0.3 is 10.6 Å². The second kappa shape index (κ2) is 6.44. The van der Waals surface area contributed by atoms with E-state index in [4.69, 9.17) is 0 Å². The molecule has 110 valence electrons. The molecule has 2 amide bonds. The van der Waals surface area contributed by atoms with E-state index in [1.165, 1.54) is 11.1 Å². The van der Waals surface area contributed by atoms with E-state index >= 15 is 0 Å². The molecule has 2 rings (SSSR count). The van der Waals surface area contributed by atoms with E-state index in [9.17, 15) is 4.79 Å². The molecule has 0 unspecified atom stereocenters. The van der Waals surface area contributed by atoms with Crippen LogP contribution in [0.15, 0.2) is 36.4 Å². The van der Waals surface area contributed by atoms with Gasteiger partial charge in [-0.25, -0.2) is 4.79 Å². The Morgan fingerprint density at radius 3 is 1.81 bits per heavy atom. The van der Waals surface area contributed by atoms with Gasteiger partial charge in [0.1, 0.15) is 0 Å². The first-order valence-electron chi connectivity index (χ1n) is 7.13. The predicted molar refractivity (Wildman–Crippen MR) is 87.7 cm³/mol. The first kappa shape index (κ1) is 15.1. The normalized spacial score (nSPS) is 10.3. The van der Waals surface area contributed by atoms with Crippen LogP contribution in [-0.2, 0) is 6.54 Å². The summed E-state index contributed by atoms with van der Waals surface area (Å²) in [7, 11) is 0. The highest BCUT2D eigenvalue weighted by Gasteiger charge is 2.03. The maximum Gasteiger partial charge on any atom is 0.319 e. The second-order valence-electron chi connectivity index (χ2n) is 5.68. The van der Waals surface area contributed by atoms with Crippen molar-refractivity contribution in [1.29, 1.82) is 0 Å². The second-order valence-corrected chi connectivity index (χ2v) is 5.68. The molecule has 0 fully saturated rings. The van der Waals surface area contributed by atoms with E-state index in [0.29, 0.717) is 6.54 Å². The SMILES string of the molecule is Cc1cc(C)cc(CNC(=O)Nc2cc(C)cc(C)c2)c1. The average molecular weight is 282 g/mol. The third kappa shape index (κ3) is 4.63. The lowest BCUT2D eigenvalue weighted by Gasteiger charge is -2.10. The van der Waals surface area contributed by atoms with Gasteiger partial charge in [0.2, 0.25) is 0 Å². The fraction of sp³-hybridized carbons (Fsp3) is 0.278. The van der Waals surface area contributed by atoms with Crippen molar-refractivity contribution in [2.75, 3.05) is 5.32 Å². The molecule has 0 radical (unpaired) electrons.